The minimum atomic E-state index is -1.14. The first kappa shape index (κ1) is 41.1. The molecule has 2 aliphatic heterocycles. The summed E-state index contributed by atoms with van der Waals surface area (Å²) in [5.41, 5.74) is -3.11. The number of hydrogen-bond acceptors (Lipinski definition) is 8. The van der Waals surface area contributed by atoms with Crippen LogP contribution >= 0.6 is 0 Å². The van der Waals surface area contributed by atoms with Gasteiger partial charge in [0, 0.05) is 0 Å². The molecule has 2 spiro atoms. The predicted octanol–water partition coefficient (Wildman–Crippen LogP) is 10.1. The molecular weight excluding hydrogens is 632 g/mol. The lowest BCUT2D eigenvalue weighted by Crippen LogP contribution is -2.80. The smallest absolute Gasteiger partial charge is 0.317 e. The second kappa shape index (κ2) is 17.4. The second-order valence-electron chi connectivity index (χ2n) is 16.8. The molecule has 0 aromatic heterocycles. The van der Waals surface area contributed by atoms with E-state index in [0.29, 0.717) is 18.8 Å². The van der Waals surface area contributed by atoms with Crippen molar-refractivity contribution in [2.45, 2.75) is 201 Å². The summed E-state index contributed by atoms with van der Waals surface area (Å²) in [4.78, 5) is 55.7. The van der Waals surface area contributed by atoms with Gasteiger partial charge in [-0.25, -0.2) is 9.78 Å². The summed E-state index contributed by atoms with van der Waals surface area (Å²) in [6.45, 7) is 19.4. The van der Waals surface area contributed by atoms with Gasteiger partial charge >= 0.3 is 17.9 Å². The first-order valence-electron chi connectivity index (χ1n) is 20.9. The highest BCUT2D eigenvalue weighted by Gasteiger charge is 2.83. The molecule has 11 unspecified atom stereocenters. The molecule has 50 heavy (non-hydrogen) atoms. The third kappa shape index (κ3) is 7.54. The largest absolute Gasteiger partial charge is 0.460 e. The maximum absolute atomic E-state index is 14.6. The number of carbonyl (C=O) groups is 3. The molecule has 4 rings (SSSR count). The van der Waals surface area contributed by atoms with Crippen molar-refractivity contribution in [3.63, 3.8) is 0 Å². The molecule has 0 radical (unpaired) electrons. The zero-order chi connectivity index (χ0) is 36.7. The molecule has 2 heterocycles. The fourth-order valence-electron chi connectivity index (χ4n) is 10.1. The van der Waals surface area contributed by atoms with Crippen molar-refractivity contribution < 1.29 is 38.4 Å². The van der Waals surface area contributed by atoms with Crippen LogP contribution in [0.4, 0.5) is 0 Å². The molecule has 11 atom stereocenters. The molecule has 0 amide bonds. The number of hydrogen-bond donors (Lipinski definition) is 0. The Bertz CT molecular complexity index is 1140. The number of cyclic esters (lactones) is 2. The Morgan fingerprint density at radius 2 is 1.36 bits per heavy atom. The molecule has 2 aliphatic carbocycles. The first-order valence-corrected chi connectivity index (χ1v) is 20.9. The van der Waals surface area contributed by atoms with Gasteiger partial charge in [-0.1, -0.05) is 93.9 Å². The fraction of sp³-hybridized carbons (Fsp3) is 0.929. The third-order valence-electron chi connectivity index (χ3n) is 13.8. The molecular formula is C42H72O8. The number of fused-ring (bicyclic) bond motifs is 1. The molecule has 4 fully saturated rings. The zero-order valence-corrected chi connectivity index (χ0v) is 33.2. The van der Waals surface area contributed by atoms with Crippen molar-refractivity contribution >= 4 is 17.9 Å². The Hall–Kier alpha value is -1.67. The van der Waals surface area contributed by atoms with E-state index in [-0.39, 0.29) is 54.3 Å². The fourth-order valence-corrected chi connectivity index (χ4v) is 10.1. The minimum Gasteiger partial charge on any atom is -0.460 e. The van der Waals surface area contributed by atoms with E-state index in [9.17, 15) is 14.4 Å². The summed E-state index contributed by atoms with van der Waals surface area (Å²) >= 11 is 0. The maximum Gasteiger partial charge on any atom is 0.317 e. The van der Waals surface area contributed by atoms with Gasteiger partial charge in [0.05, 0.1) is 12.5 Å². The van der Waals surface area contributed by atoms with E-state index in [4.69, 9.17) is 24.0 Å². The SMILES string of the molecule is CCCCC(CC)C1OC(=O)C12CC(COOC1(CC)CC1CCC)C(C(=O)OC(C)(CC)CCCC)CC21C(=O)OC1C(CC)CCCC. The standard InChI is InChI=1S/C42H72O8/c1-10-18-22-29(14-5)34-41(37(44)47-34)25-31(28-46-50-40(17-8)26-32(40)21-13-4)33(36(43)49-39(9,16-7)24-20-12-3)27-42(41)35(48-38(42)45)30(15-6)23-19-11-2/h29-35H,10-28H2,1-9H3. The van der Waals surface area contributed by atoms with Crippen LogP contribution in [0.1, 0.15) is 178 Å². The normalized spacial score (nSPS) is 35.4. The van der Waals surface area contributed by atoms with Crippen LogP contribution in [-0.4, -0.2) is 47.9 Å². The molecule has 0 aromatic rings. The molecule has 0 aromatic carbocycles. The van der Waals surface area contributed by atoms with Crippen LogP contribution in [0.2, 0.25) is 0 Å². The quantitative estimate of drug-likeness (QED) is 0.0449. The van der Waals surface area contributed by atoms with Gasteiger partial charge in [0.2, 0.25) is 0 Å². The van der Waals surface area contributed by atoms with Crippen molar-refractivity contribution in [3.8, 4) is 0 Å². The topological polar surface area (TPSA) is 97.4 Å². The summed E-state index contributed by atoms with van der Waals surface area (Å²) < 4.78 is 18.8. The summed E-state index contributed by atoms with van der Waals surface area (Å²) in [5, 5.41) is 0. The van der Waals surface area contributed by atoms with Crippen LogP contribution in [0.5, 0.6) is 0 Å². The Kier molecular flexibility index (Phi) is 14.3. The summed E-state index contributed by atoms with van der Waals surface area (Å²) in [6.07, 6.45) is 14.8. The van der Waals surface area contributed by atoms with Gasteiger partial charge < -0.3 is 14.2 Å². The highest BCUT2D eigenvalue weighted by molar-refractivity contribution is 5.97. The second-order valence-corrected chi connectivity index (χ2v) is 16.8. The highest BCUT2D eigenvalue weighted by Crippen LogP contribution is 2.70. The van der Waals surface area contributed by atoms with Gasteiger partial charge in [-0.15, -0.1) is 0 Å². The number of ether oxygens (including phenoxy) is 3. The lowest BCUT2D eigenvalue weighted by molar-refractivity contribution is -0.356. The van der Waals surface area contributed by atoms with E-state index in [1.54, 1.807) is 0 Å². The Morgan fingerprint density at radius 3 is 1.82 bits per heavy atom. The Morgan fingerprint density at radius 1 is 0.800 bits per heavy atom. The Balaban J connectivity index is 1.77. The van der Waals surface area contributed by atoms with Crippen molar-refractivity contribution in [2.24, 2.45) is 40.4 Å². The van der Waals surface area contributed by atoms with Gasteiger partial charge in [0.1, 0.15) is 34.2 Å². The molecule has 2 saturated carbocycles. The predicted molar refractivity (Wildman–Crippen MR) is 195 cm³/mol. The van der Waals surface area contributed by atoms with Crippen molar-refractivity contribution in [2.75, 3.05) is 6.61 Å². The van der Waals surface area contributed by atoms with Crippen LogP contribution in [0.15, 0.2) is 0 Å². The lowest BCUT2D eigenvalue weighted by Gasteiger charge is -2.68. The van der Waals surface area contributed by atoms with E-state index in [2.05, 4.69) is 55.4 Å². The van der Waals surface area contributed by atoms with E-state index >= 15 is 0 Å². The summed E-state index contributed by atoms with van der Waals surface area (Å²) in [7, 11) is 0. The van der Waals surface area contributed by atoms with E-state index in [1.165, 1.54) is 0 Å². The molecule has 288 valence electrons. The molecule has 0 N–H and O–H groups in total. The zero-order valence-electron chi connectivity index (χ0n) is 33.2. The van der Waals surface area contributed by atoms with Gasteiger partial charge in [-0.2, -0.15) is 0 Å². The molecule has 8 heteroatoms. The summed E-state index contributed by atoms with van der Waals surface area (Å²) in [5.74, 6) is -1.26. The average molecular weight is 705 g/mol. The van der Waals surface area contributed by atoms with Crippen LogP contribution < -0.4 is 0 Å². The van der Waals surface area contributed by atoms with Crippen LogP contribution in [0.25, 0.3) is 0 Å². The first-order chi connectivity index (χ1) is 24.0. The minimum absolute atomic E-state index is 0.0994. The monoisotopic (exact) mass is 705 g/mol. The van der Waals surface area contributed by atoms with Gasteiger partial charge in [0.15, 0.2) is 0 Å². The van der Waals surface area contributed by atoms with Gasteiger partial charge in [-0.05, 0) is 108 Å². The lowest BCUT2D eigenvalue weighted by atomic mass is 9.41. The van der Waals surface area contributed by atoms with Crippen molar-refractivity contribution in [1.82, 2.24) is 0 Å². The van der Waals surface area contributed by atoms with Gasteiger partial charge in [0.25, 0.3) is 0 Å². The Labute approximate surface area is 304 Å². The number of carbonyl (C=O) groups excluding carboxylic acids is 3. The van der Waals surface area contributed by atoms with Crippen molar-refractivity contribution in [1.29, 1.82) is 0 Å². The summed E-state index contributed by atoms with van der Waals surface area (Å²) in [6, 6.07) is 0. The average Bonchev–Trinajstić information content (AvgIpc) is 3.82. The molecule has 8 nitrogen and oxygen atoms in total. The number of rotatable bonds is 23. The molecule has 0 bridgehead atoms. The van der Waals surface area contributed by atoms with Crippen LogP contribution in [0, 0.1) is 40.4 Å². The highest BCUT2D eigenvalue weighted by atomic mass is 17.2. The van der Waals surface area contributed by atoms with E-state index < -0.39 is 34.6 Å². The van der Waals surface area contributed by atoms with E-state index in [1.807, 2.05) is 6.92 Å². The number of esters is 3. The molecule has 4 aliphatic rings. The maximum atomic E-state index is 14.6. The molecule has 2 saturated heterocycles. The van der Waals surface area contributed by atoms with Crippen LogP contribution in [0.3, 0.4) is 0 Å². The third-order valence-corrected chi connectivity index (χ3v) is 13.8. The van der Waals surface area contributed by atoms with Gasteiger partial charge in [-0.3, -0.25) is 14.4 Å². The van der Waals surface area contributed by atoms with Crippen molar-refractivity contribution in [3.05, 3.63) is 0 Å². The number of unbranched alkanes of at least 4 members (excludes halogenated alkanes) is 3. The van der Waals surface area contributed by atoms with Crippen LogP contribution in [-0.2, 0) is 38.4 Å². The van der Waals surface area contributed by atoms with E-state index in [0.717, 1.165) is 96.3 Å².